The second-order valence-corrected chi connectivity index (χ2v) is 7.74. The second kappa shape index (κ2) is 8.67. The third-order valence-electron chi connectivity index (χ3n) is 5.55. The summed E-state index contributed by atoms with van der Waals surface area (Å²) in [6.45, 7) is 1.60. The lowest BCUT2D eigenvalue weighted by Crippen LogP contribution is -2.29. The number of hydrogen-bond acceptors (Lipinski definition) is 5. The summed E-state index contributed by atoms with van der Waals surface area (Å²) in [4.78, 5) is 25.3. The molecule has 4 rings (SSSR count). The van der Waals surface area contributed by atoms with E-state index in [9.17, 15) is 14.9 Å². The Labute approximate surface area is 178 Å². The fourth-order valence-corrected chi connectivity index (χ4v) is 4.19. The number of nitrogens with zero attached hydrogens (tertiary/aromatic N) is 4. The zero-order chi connectivity index (χ0) is 21.1. The molecule has 0 spiro atoms. The summed E-state index contributed by atoms with van der Waals surface area (Å²) in [5.74, 6) is 0.489. The SMILES string of the molecule is O=c1c(Cl)c(N2CCC[C@H](c3ccccc3)CC2)cnn1-c1ccc([N+](=O)[O-])cc1. The first kappa shape index (κ1) is 20.1. The second-order valence-electron chi connectivity index (χ2n) is 7.36. The zero-order valence-electron chi connectivity index (χ0n) is 16.3. The quantitative estimate of drug-likeness (QED) is 0.452. The zero-order valence-corrected chi connectivity index (χ0v) is 17.0. The molecule has 2 aromatic carbocycles. The largest absolute Gasteiger partial charge is 0.369 e. The van der Waals surface area contributed by atoms with Crippen LogP contribution in [0.1, 0.15) is 30.7 Å². The van der Waals surface area contributed by atoms with Crippen molar-refractivity contribution in [2.75, 3.05) is 18.0 Å². The normalized spacial score (nSPS) is 16.8. The van der Waals surface area contributed by atoms with E-state index in [4.69, 9.17) is 11.6 Å². The van der Waals surface area contributed by atoms with Crippen LogP contribution in [-0.4, -0.2) is 27.8 Å². The maximum atomic E-state index is 12.8. The highest BCUT2D eigenvalue weighted by Gasteiger charge is 2.22. The van der Waals surface area contributed by atoms with Gasteiger partial charge in [0.25, 0.3) is 11.2 Å². The maximum Gasteiger partial charge on any atom is 0.292 e. The lowest BCUT2D eigenvalue weighted by atomic mass is 9.92. The van der Waals surface area contributed by atoms with E-state index in [1.165, 1.54) is 34.5 Å². The first-order valence-corrected chi connectivity index (χ1v) is 10.2. The van der Waals surface area contributed by atoms with Crippen molar-refractivity contribution in [3.8, 4) is 5.69 Å². The highest BCUT2D eigenvalue weighted by atomic mass is 35.5. The molecule has 0 amide bonds. The van der Waals surface area contributed by atoms with E-state index in [2.05, 4.69) is 34.3 Å². The van der Waals surface area contributed by atoms with Crippen LogP contribution >= 0.6 is 11.6 Å². The van der Waals surface area contributed by atoms with Gasteiger partial charge in [-0.15, -0.1) is 0 Å². The minimum atomic E-state index is -0.488. The Kier molecular flexibility index (Phi) is 5.81. The molecule has 1 aliphatic heterocycles. The molecule has 154 valence electrons. The van der Waals surface area contributed by atoms with Crippen molar-refractivity contribution in [2.24, 2.45) is 0 Å². The molecule has 0 aliphatic carbocycles. The van der Waals surface area contributed by atoms with Gasteiger partial charge in [-0.1, -0.05) is 41.9 Å². The third-order valence-corrected chi connectivity index (χ3v) is 5.90. The predicted octanol–water partition coefficient (Wildman–Crippen LogP) is 4.57. The number of halogens is 1. The number of hydrogen-bond donors (Lipinski definition) is 0. The van der Waals surface area contributed by atoms with Crippen LogP contribution in [0, 0.1) is 10.1 Å². The fraction of sp³-hybridized carbons (Fsp3) is 0.273. The highest BCUT2D eigenvalue weighted by Crippen LogP contribution is 2.31. The van der Waals surface area contributed by atoms with Gasteiger partial charge in [0.1, 0.15) is 5.02 Å². The summed E-state index contributed by atoms with van der Waals surface area (Å²) in [7, 11) is 0. The number of aromatic nitrogens is 2. The molecule has 1 atom stereocenters. The standard InChI is InChI=1S/C22H21ClN4O3/c23-21-20(25-13-4-7-17(12-14-25)16-5-2-1-3-6-16)15-24-26(22(21)28)18-8-10-19(11-9-18)27(29)30/h1-3,5-6,8-11,15,17H,4,7,12-14H2/t17-/m0/s1. The molecule has 3 aromatic rings. The molecular weight excluding hydrogens is 404 g/mol. The van der Waals surface area contributed by atoms with Crippen LogP contribution in [0.2, 0.25) is 5.02 Å². The number of benzene rings is 2. The van der Waals surface area contributed by atoms with Gasteiger partial charge in [-0.05, 0) is 42.9 Å². The summed E-state index contributed by atoms with van der Waals surface area (Å²) >= 11 is 6.45. The average molecular weight is 425 g/mol. The molecule has 0 N–H and O–H groups in total. The van der Waals surface area contributed by atoms with E-state index in [0.29, 0.717) is 17.3 Å². The number of nitro benzene ring substituents is 1. The van der Waals surface area contributed by atoms with E-state index in [0.717, 1.165) is 32.4 Å². The number of rotatable bonds is 4. The van der Waals surface area contributed by atoms with Gasteiger partial charge in [0, 0.05) is 25.2 Å². The van der Waals surface area contributed by atoms with Crippen LogP contribution in [0.15, 0.2) is 65.6 Å². The van der Waals surface area contributed by atoms with Gasteiger partial charge >= 0.3 is 0 Å². The number of nitro groups is 1. The molecule has 1 saturated heterocycles. The first-order valence-electron chi connectivity index (χ1n) is 9.87. The van der Waals surface area contributed by atoms with E-state index < -0.39 is 10.5 Å². The van der Waals surface area contributed by atoms with Crippen LogP contribution in [0.3, 0.4) is 0 Å². The lowest BCUT2D eigenvalue weighted by Gasteiger charge is -2.23. The molecule has 1 fully saturated rings. The number of non-ortho nitro benzene ring substituents is 1. The van der Waals surface area contributed by atoms with Crippen molar-refractivity contribution in [2.45, 2.75) is 25.2 Å². The monoisotopic (exact) mass is 424 g/mol. The highest BCUT2D eigenvalue weighted by molar-refractivity contribution is 6.33. The van der Waals surface area contributed by atoms with Crippen molar-refractivity contribution >= 4 is 23.0 Å². The van der Waals surface area contributed by atoms with Crippen molar-refractivity contribution in [1.82, 2.24) is 9.78 Å². The molecular formula is C22H21ClN4O3. The third kappa shape index (κ3) is 4.07. The molecule has 0 bridgehead atoms. The molecule has 8 heteroatoms. The summed E-state index contributed by atoms with van der Waals surface area (Å²) in [5, 5.41) is 15.2. The van der Waals surface area contributed by atoms with E-state index >= 15 is 0 Å². The van der Waals surface area contributed by atoms with E-state index in [1.807, 2.05) is 6.07 Å². The van der Waals surface area contributed by atoms with Gasteiger partial charge in [-0.2, -0.15) is 9.78 Å². The molecule has 0 saturated carbocycles. The molecule has 30 heavy (non-hydrogen) atoms. The summed E-state index contributed by atoms with van der Waals surface area (Å²) in [5.41, 5.74) is 1.92. The topological polar surface area (TPSA) is 81.3 Å². The fourth-order valence-electron chi connectivity index (χ4n) is 3.94. The smallest absolute Gasteiger partial charge is 0.292 e. The first-order chi connectivity index (χ1) is 14.5. The van der Waals surface area contributed by atoms with Crippen molar-refractivity contribution in [1.29, 1.82) is 0 Å². The van der Waals surface area contributed by atoms with Crippen LogP contribution in [0.25, 0.3) is 5.69 Å². The Morgan fingerprint density at radius 3 is 2.47 bits per heavy atom. The Hall–Kier alpha value is -3.19. The predicted molar refractivity (Wildman–Crippen MR) is 117 cm³/mol. The van der Waals surface area contributed by atoms with Crippen LogP contribution < -0.4 is 10.5 Å². The van der Waals surface area contributed by atoms with E-state index in [1.54, 1.807) is 6.20 Å². The Morgan fingerprint density at radius 2 is 1.77 bits per heavy atom. The number of anilines is 1. The Balaban J connectivity index is 1.56. The molecule has 1 aromatic heterocycles. The molecule has 0 unspecified atom stereocenters. The van der Waals surface area contributed by atoms with Gasteiger partial charge in [-0.3, -0.25) is 14.9 Å². The summed E-state index contributed by atoms with van der Waals surface area (Å²) in [6, 6.07) is 16.1. The van der Waals surface area contributed by atoms with E-state index in [-0.39, 0.29) is 10.7 Å². The summed E-state index contributed by atoms with van der Waals surface area (Å²) in [6.07, 6.45) is 4.67. The minimum absolute atomic E-state index is 0.0490. The molecule has 0 radical (unpaired) electrons. The molecule has 7 nitrogen and oxygen atoms in total. The average Bonchev–Trinajstić information content (AvgIpc) is 3.02. The van der Waals surface area contributed by atoms with Gasteiger partial charge < -0.3 is 4.90 Å². The van der Waals surface area contributed by atoms with Gasteiger partial charge in [0.05, 0.1) is 22.5 Å². The summed E-state index contributed by atoms with van der Waals surface area (Å²) < 4.78 is 1.17. The van der Waals surface area contributed by atoms with Crippen molar-refractivity contribution < 1.29 is 4.92 Å². The lowest BCUT2D eigenvalue weighted by molar-refractivity contribution is -0.384. The molecule has 1 aliphatic rings. The minimum Gasteiger partial charge on any atom is -0.369 e. The Morgan fingerprint density at radius 1 is 1.03 bits per heavy atom. The van der Waals surface area contributed by atoms with Gasteiger partial charge in [0.15, 0.2) is 0 Å². The van der Waals surface area contributed by atoms with Crippen LogP contribution in [-0.2, 0) is 0 Å². The maximum absolute atomic E-state index is 12.8. The Bertz CT molecular complexity index is 1100. The van der Waals surface area contributed by atoms with Gasteiger partial charge in [-0.25, -0.2) is 0 Å². The van der Waals surface area contributed by atoms with Crippen LogP contribution in [0.5, 0.6) is 0 Å². The molecule has 2 heterocycles. The van der Waals surface area contributed by atoms with Crippen molar-refractivity contribution in [3.05, 3.63) is 91.8 Å². The van der Waals surface area contributed by atoms with Gasteiger partial charge in [0.2, 0.25) is 0 Å². The van der Waals surface area contributed by atoms with Crippen LogP contribution in [0.4, 0.5) is 11.4 Å². The van der Waals surface area contributed by atoms with Crippen molar-refractivity contribution in [3.63, 3.8) is 0 Å².